The number of benzene rings is 1. The van der Waals surface area contributed by atoms with Crippen LogP contribution in [0.25, 0.3) is 16.6 Å². The molecule has 0 spiro atoms. The number of rotatable bonds is 9. The van der Waals surface area contributed by atoms with Crippen LogP contribution in [0.5, 0.6) is 5.88 Å². The molecule has 43 heavy (non-hydrogen) atoms. The van der Waals surface area contributed by atoms with Gasteiger partial charge in [-0.05, 0) is 75.3 Å². The first kappa shape index (κ1) is 28.9. The lowest BCUT2D eigenvalue weighted by Crippen LogP contribution is -2.57. The molecule has 1 atom stereocenters. The first-order valence-electron chi connectivity index (χ1n) is 14.6. The molecule has 11 heteroatoms. The van der Waals surface area contributed by atoms with Gasteiger partial charge in [0.05, 0.1) is 23.4 Å². The normalized spacial score (nSPS) is 17.1. The van der Waals surface area contributed by atoms with Crippen LogP contribution in [-0.2, 0) is 6.42 Å². The molecule has 2 fully saturated rings. The molecule has 0 saturated carbocycles. The number of fused-ring (bicyclic) bond motifs is 1. The van der Waals surface area contributed by atoms with Crippen molar-refractivity contribution >= 4 is 40.0 Å². The summed E-state index contributed by atoms with van der Waals surface area (Å²) in [5.41, 5.74) is 2.52. The first-order valence-corrected chi connectivity index (χ1v) is 15.0. The van der Waals surface area contributed by atoms with Gasteiger partial charge in [0.2, 0.25) is 11.3 Å². The summed E-state index contributed by atoms with van der Waals surface area (Å²) in [5, 5.41) is 10.7. The van der Waals surface area contributed by atoms with Crippen molar-refractivity contribution in [1.82, 2.24) is 19.4 Å². The molecular formula is C32H35ClN6O4. The molecule has 0 aliphatic carbocycles. The van der Waals surface area contributed by atoms with E-state index in [2.05, 4.69) is 33.8 Å². The summed E-state index contributed by atoms with van der Waals surface area (Å²) < 4.78 is 7.80. The van der Waals surface area contributed by atoms with E-state index in [4.69, 9.17) is 21.3 Å². The summed E-state index contributed by atoms with van der Waals surface area (Å²) in [6.07, 6.45) is 7.42. The number of halogens is 1. The Morgan fingerprint density at radius 3 is 2.67 bits per heavy atom. The summed E-state index contributed by atoms with van der Waals surface area (Å²) >= 11 is 6.27. The quantitative estimate of drug-likeness (QED) is 0.297. The average molecular weight is 603 g/mol. The van der Waals surface area contributed by atoms with Gasteiger partial charge >= 0.3 is 5.97 Å². The minimum absolute atomic E-state index is 0.0859. The molecule has 1 N–H and O–H groups in total. The Kier molecular flexibility index (Phi) is 7.98. The highest BCUT2D eigenvalue weighted by molar-refractivity contribution is 6.31. The number of pyridine rings is 3. The molecule has 3 aromatic heterocycles. The van der Waals surface area contributed by atoms with Crippen molar-refractivity contribution in [2.75, 3.05) is 50.1 Å². The van der Waals surface area contributed by atoms with E-state index in [0.717, 1.165) is 49.5 Å². The largest absolute Gasteiger partial charge is 0.477 e. The van der Waals surface area contributed by atoms with Crippen LogP contribution in [0, 0.1) is 0 Å². The maximum atomic E-state index is 13.4. The zero-order valence-electron chi connectivity index (χ0n) is 24.5. The number of nitrogens with zero attached hydrogens (tertiary/aromatic N) is 6. The second-order valence-electron chi connectivity index (χ2n) is 11.4. The van der Waals surface area contributed by atoms with Crippen molar-refractivity contribution in [3.63, 3.8) is 0 Å². The molecular weight excluding hydrogens is 568 g/mol. The van der Waals surface area contributed by atoms with Gasteiger partial charge in [0.15, 0.2) is 0 Å². The number of aryl methyl sites for hydroxylation is 1. The van der Waals surface area contributed by atoms with Gasteiger partial charge in [-0.25, -0.2) is 14.8 Å². The Hall–Kier alpha value is -4.15. The fourth-order valence-electron chi connectivity index (χ4n) is 5.98. The lowest BCUT2D eigenvalue weighted by Gasteiger charge is -2.43. The molecule has 224 valence electrons. The number of hydrogen-bond donors (Lipinski definition) is 1. The standard InChI is InChI=1S/C32H35ClN6O4/c1-4-20-13-24-28(14-27(20)38-12-6-7-22(38)19-43-31-26(33)8-5-11-34-31)39(18-25(30(24)40)32(41)42)21-9-10-29(35-15-21)37-16-23(17-37)36(2)3/h5,8-11,13-15,18,22-23H,4,6-7,12,16-17,19H2,1-3H3,(H,41,42)/t22-/m1/s1. The SMILES string of the molecule is CCc1cc2c(=O)c(C(=O)O)cn(-c3ccc(N4CC(N(C)C)C4)nc3)c2cc1N1CCC[C@@H]1COc1ncccc1Cl. The lowest BCUT2D eigenvalue weighted by molar-refractivity contribution is 0.0695. The molecule has 1 aromatic carbocycles. The second kappa shape index (κ2) is 11.9. The summed E-state index contributed by atoms with van der Waals surface area (Å²) in [6.45, 7) is 5.09. The van der Waals surface area contributed by atoms with Crippen LogP contribution in [0.15, 0.2) is 59.8 Å². The Balaban J connectivity index is 1.39. The highest BCUT2D eigenvalue weighted by Gasteiger charge is 2.30. The Morgan fingerprint density at radius 1 is 1.19 bits per heavy atom. The smallest absolute Gasteiger partial charge is 0.341 e. The highest BCUT2D eigenvalue weighted by Crippen LogP contribution is 2.34. The van der Waals surface area contributed by atoms with Gasteiger partial charge in [0.25, 0.3) is 0 Å². The predicted octanol–water partition coefficient (Wildman–Crippen LogP) is 4.49. The number of aromatic carboxylic acids is 1. The molecule has 5 heterocycles. The van der Waals surface area contributed by atoms with E-state index in [9.17, 15) is 14.7 Å². The molecule has 0 amide bonds. The molecule has 2 aliphatic rings. The summed E-state index contributed by atoms with van der Waals surface area (Å²) in [7, 11) is 4.15. The molecule has 0 unspecified atom stereocenters. The van der Waals surface area contributed by atoms with E-state index in [0.29, 0.717) is 46.6 Å². The Labute approximate surface area is 255 Å². The molecule has 10 nitrogen and oxygen atoms in total. The number of ether oxygens (including phenoxy) is 1. The van der Waals surface area contributed by atoms with Crippen LogP contribution in [0.2, 0.25) is 5.02 Å². The minimum Gasteiger partial charge on any atom is -0.477 e. The molecule has 4 aromatic rings. The third-order valence-corrected chi connectivity index (χ3v) is 8.85. The van der Waals surface area contributed by atoms with Crippen LogP contribution in [0.4, 0.5) is 11.5 Å². The van der Waals surface area contributed by atoms with E-state index in [1.54, 1.807) is 29.1 Å². The molecule has 2 saturated heterocycles. The van der Waals surface area contributed by atoms with Gasteiger partial charge < -0.3 is 29.1 Å². The van der Waals surface area contributed by atoms with Gasteiger partial charge in [-0.2, -0.15) is 0 Å². The van der Waals surface area contributed by atoms with Crippen molar-refractivity contribution in [1.29, 1.82) is 0 Å². The zero-order chi connectivity index (χ0) is 30.2. The second-order valence-corrected chi connectivity index (χ2v) is 11.8. The fourth-order valence-corrected chi connectivity index (χ4v) is 6.15. The van der Waals surface area contributed by atoms with Crippen molar-refractivity contribution in [3.05, 3.63) is 81.4 Å². The molecule has 0 bridgehead atoms. The number of carboxylic acids is 1. The summed E-state index contributed by atoms with van der Waals surface area (Å²) in [6, 6.07) is 11.8. The van der Waals surface area contributed by atoms with Gasteiger partial charge in [-0.1, -0.05) is 18.5 Å². The number of hydrogen-bond acceptors (Lipinski definition) is 8. The fraction of sp³-hybridized carbons (Fsp3) is 0.375. The summed E-state index contributed by atoms with van der Waals surface area (Å²) in [5.74, 6) is 0.0202. The molecule has 0 radical (unpaired) electrons. The number of carboxylic acid groups (broad SMARTS) is 1. The molecule has 2 aliphatic heterocycles. The third-order valence-electron chi connectivity index (χ3n) is 8.57. The van der Waals surface area contributed by atoms with Crippen molar-refractivity contribution in [2.24, 2.45) is 0 Å². The van der Waals surface area contributed by atoms with Gasteiger partial charge in [-0.3, -0.25) is 4.79 Å². The van der Waals surface area contributed by atoms with E-state index in [-0.39, 0.29) is 11.6 Å². The Bertz CT molecular complexity index is 1720. The van der Waals surface area contributed by atoms with E-state index in [1.165, 1.54) is 6.20 Å². The zero-order valence-corrected chi connectivity index (χ0v) is 25.3. The van der Waals surface area contributed by atoms with Crippen molar-refractivity contribution < 1.29 is 14.6 Å². The number of likely N-dealkylation sites (N-methyl/N-ethyl adjacent to an activating group) is 1. The predicted molar refractivity (Wildman–Crippen MR) is 168 cm³/mol. The maximum absolute atomic E-state index is 13.4. The monoisotopic (exact) mass is 602 g/mol. The third kappa shape index (κ3) is 5.52. The average Bonchev–Trinajstić information content (AvgIpc) is 3.44. The van der Waals surface area contributed by atoms with Gasteiger partial charge in [0.1, 0.15) is 23.0 Å². The number of aromatic nitrogens is 3. The van der Waals surface area contributed by atoms with Gasteiger partial charge in [0, 0.05) is 49.1 Å². The van der Waals surface area contributed by atoms with Crippen molar-refractivity contribution in [3.8, 4) is 11.6 Å². The first-order chi connectivity index (χ1) is 20.7. The van der Waals surface area contributed by atoms with Crippen molar-refractivity contribution in [2.45, 2.75) is 38.3 Å². The van der Waals surface area contributed by atoms with Crippen LogP contribution in [0.1, 0.15) is 35.7 Å². The lowest BCUT2D eigenvalue weighted by atomic mass is 10.0. The Morgan fingerprint density at radius 2 is 2.00 bits per heavy atom. The van der Waals surface area contributed by atoms with Crippen LogP contribution in [0.3, 0.4) is 0 Å². The van der Waals surface area contributed by atoms with Gasteiger partial charge in [-0.15, -0.1) is 0 Å². The van der Waals surface area contributed by atoms with Crippen LogP contribution < -0.4 is 20.0 Å². The van der Waals surface area contributed by atoms with Crippen LogP contribution in [-0.4, -0.2) is 82.9 Å². The topological polar surface area (TPSA) is 104 Å². The number of anilines is 2. The van der Waals surface area contributed by atoms with E-state index >= 15 is 0 Å². The van der Waals surface area contributed by atoms with E-state index in [1.807, 2.05) is 31.2 Å². The van der Waals surface area contributed by atoms with E-state index < -0.39 is 11.4 Å². The maximum Gasteiger partial charge on any atom is 0.341 e. The van der Waals surface area contributed by atoms with Crippen LogP contribution >= 0.6 is 11.6 Å². The molecule has 6 rings (SSSR count). The number of carbonyl (C=O) groups is 1. The highest BCUT2D eigenvalue weighted by atomic mass is 35.5. The summed E-state index contributed by atoms with van der Waals surface area (Å²) in [4.78, 5) is 41.2. The minimum atomic E-state index is -1.26.